The summed E-state index contributed by atoms with van der Waals surface area (Å²) >= 11 is 0. The lowest BCUT2D eigenvalue weighted by atomic mass is 10.3. The van der Waals surface area contributed by atoms with Gasteiger partial charge in [-0.15, -0.1) is 0 Å². The number of carbonyl (C=O) groups excluding carboxylic acids is 1. The topological polar surface area (TPSA) is 70.7 Å². The summed E-state index contributed by atoms with van der Waals surface area (Å²) in [6.07, 6.45) is 4.65. The summed E-state index contributed by atoms with van der Waals surface area (Å²) in [5.41, 5.74) is 1.53. The number of aryl methyl sites for hydroxylation is 1. The highest BCUT2D eigenvalue weighted by atomic mass is 16.1. The van der Waals surface area contributed by atoms with Gasteiger partial charge in [0, 0.05) is 12.4 Å². The third-order valence-corrected chi connectivity index (χ3v) is 1.92. The van der Waals surface area contributed by atoms with E-state index in [-0.39, 0.29) is 5.91 Å². The molecule has 2 rings (SSSR count). The molecule has 0 aliphatic rings. The van der Waals surface area contributed by atoms with Gasteiger partial charge in [0.15, 0.2) is 0 Å². The average Bonchev–Trinajstić information content (AvgIpc) is 2.70. The lowest BCUT2D eigenvalue weighted by molar-refractivity contribution is 0.102. The van der Waals surface area contributed by atoms with Crippen LogP contribution in [0.25, 0.3) is 0 Å². The standard InChI is InChI=1S/C10H10N4O/c1-7-2-3-11-9(4-7)14-10(15)8-5-12-13-6-8/h2-6H,1H3,(H,12,13)(H,11,14,15). The fraction of sp³-hybridized carbons (Fsp3) is 0.100. The minimum absolute atomic E-state index is 0.221. The molecule has 2 N–H and O–H groups in total. The van der Waals surface area contributed by atoms with E-state index in [1.54, 1.807) is 12.3 Å². The van der Waals surface area contributed by atoms with Crippen molar-refractivity contribution in [2.45, 2.75) is 6.92 Å². The highest BCUT2D eigenvalue weighted by Gasteiger charge is 2.06. The predicted octanol–water partition coefficient (Wildman–Crippen LogP) is 1.37. The SMILES string of the molecule is Cc1ccnc(NC(=O)c2cn[nH]c2)c1. The number of nitrogens with zero attached hydrogens (tertiary/aromatic N) is 2. The summed E-state index contributed by atoms with van der Waals surface area (Å²) in [4.78, 5) is 15.6. The molecule has 0 fully saturated rings. The first-order valence-corrected chi connectivity index (χ1v) is 4.48. The van der Waals surface area contributed by atoms with Crippen molar-refractivity contribution in [1.82, 2.24) is 15.2 Å². The number of pyridine rings is 1. The van der Waals surface area contributed by atoms with E-state index in [1.165, 1.54) is 12.4 Å². The Bertz CT molecular complexity index is 464. The molecule has 2 aromatic heterocycles. The summed E-state index contributed by atoms with van der Waals surface area (Å²) in [5, 5.41) is 8.95. The van der Waals surface area contributed by atoms with Crippen molar-refractivity contribution in [3.63, 3.8) is 0 Å². The van der Waals surface area contributed by atoms with Crippen LogP contribution >= 0.6 is 0 Å². The summed E-state index contributed by atoms with van der Waals surface area (Å²) in [7, 11) is 0. The Morgan fingerprint density at radius 1 is 1.53 bits per heavy atom. The normalized spacial score (nSPS) is 9.93. The number of aromatic amines is 1. The molecule has 0 spiro atoms. The molecular formula is C10H10N4O. The van der Waals surface area contributed by atoms with Gasteiger partial charge in [-0.3, -0.25) is 9.89 Å². The molecule has 15 heavy (non-hydrogen) atoms. The summed E-state index contributed by atoms with van der Waals surface area (Å²) in [6.45, 7) is 1.94. The number of hydrogen-bond donors (Lipinski definition) is 2. The van der Waals surface area contributed by atoms with Crippen LogP contribution in [0, 0.1) is 6.92 Å². The van der Waals surface area contributed by atoms with Crippen molar-refractivity contribution in [2.75, 3.05) is 5.32 Å². The molecule has 0 bridgehead atoms. The van der Waals surface area contributed by atoms with Crippen molar-refractivity contribution in [2.24, 2.45) is 0 Å². The molecule has 5 heteroatoms. The summed E-state index contributed by atoms with van der Waals surface area (Å²) in [6, 6.07) is 3.67. The third kappa shape index (κ3) is 2.19. The van der Waals surface area contributed by atoms with E-state index in [4.69, 9.17) is 0 Å². The number of aromatic nitrogens is 3. The van der Waals surface area contributed by atoms with Crippen LogP contribution in [0.5, 0.6) is 0 Å². The molecule has 76 valence electrons. The number of amides is 1. The summed E-state index contributed by atoms with van der Waals surface area (Å²) in [5.74, 6) is 0.322. The van der Waals surface area contributed by atoms with E-state index in [0.29, 0.717) is 11.4 Å². The number of hydrogen-bond acceptors (Lipinski definition) is 3. The van der Waals surface area contributed by atoms with Gasteiger partial charge in [-0.25, -0.2) is 4.98 Å². The fourth-order valence-electron chi connectivity index (χ4n) is 1.17. The van der Waals surface area contributed by atoms with Gasteiger partial charge in [-0.05, 0) is 24.6 Å². The van der Waals surface area contributed by atoms with E-state index >= 15 is 0 Å². The van der Waals surface area contributed by atoms with E-state index in [2.05, 4.69) is 20.5 Å². The molecule has 0 radical (unpaired) electrons. The molecule has 2 aromatic rings. The van der Waals surface area contributed by atoms with Gasteiger partial charge in [0.1, 0.15) is 5.82 Å². The van der Waals surface area contributed by atoms with Crippen LogP contribution in [0.2, 0.25) is 0 Å². The molecule has 0 saturated carbocycles. The largest absolute Gasteiger partial charge is 0.306 e. The molecule has 0 saturated heterocycles. The van der Waals surface area contributed by atoms with Gasteiger partial charge >= 0.3 is 0 Å². The Morgan fingerprint density at radius 2 is 2.40 bits per heavy atom. The zero-order chi connectivity index (χ0) is 10.7. The zero-order valence-corrected chi connectivity index (χ0v) is 8.19. The smallest absolute Gasteiger partial charge is 0.259 e. The maximum Gasteiger partial charge on any atom is 0.259 e. The Kier molecular flexibility index (Phi) is 2.45. The lowest BCUT2D eigenvalue weighted by Gasteiger charge is -2.02. The van der Waals surface area contributed by atoms with Crippen LogP contribution in [0.4, 0.5) is 5.82 Å². The molecule has 0 aliphatic carbocycles. The first-order chi connectivity index (χ1) is 7.25. The lowest BCUT2D eigenvalue weighted by Crippen LogP contribution is -2.12. The molecule has 0 atom stereocenters. The minimum Gasteiger partial charge on any atom is -0.306 e. The van der Waals surface area contributed by atoms with E-state index in [1.807, 2.05) is 13.0 Å². The van der Waals surface area contributed by atoms with Crippen molar-refractivity contribution in [1.29, 1.82) is 0 Å². The maximum absolute atomic E-state index is 11.6. The van der Waals surface area contributed by atoms with Gasteiger partial charge in [0.2, 0.25) is 0 Å². The van der Waals surface area contributed by atoms with Crippen molar-refractivity contribution in [3.05, 3.63) is 41.9 Å². The molecule has 0 aromatic carbocycles. The maximum atomic E-state index is 11.6. The number of anilines is 1. The summed E-state index contributed by atoms with van der Waals surface area (Å²) < 4.78 is 0. The first-order valence-electron chi connectivity index (χ1n) is 4.48. The van der Waals surface area contributed by atoms with Crippen LogP contribution in [0.3, 0.4) is 0 Å². The van der Waals surface area contributed by atoms with E-state index in [9.17, 15) is 4.79 Å². The molecule has 2 heterocycles. The van der Waals surface area contributed by atoms with Gasteiger partial charge in [-0.1, -0.05) is 0 Å². The monoisotopic (exact) mass is 202 g/mol. The minimum atomic E-state index is -0.221. The number of rotatable bonds is 2. The van der Waals surface area contributed by atoms with Crippen LogP contribution < -0.4 is 5.32 Å². The Hall–Kier alpha value is -2.17. The highest BCUT2D eigenvalue weighted by molar-refractivity contribution is 6.03. The van der Waals surface area contributed by atoms with Crippen LogP contribution in [0.1, 0.15) is 15.9 Å². The predicted molar refractivity (Wildman–Crippen MR) is 55.5 cm³/mol. The van der Waals surface area contributed by atoms with E-state index in [0.717, 1.165) is 5.56 Å². The number of H-pyrrole nitrogens is 1. The second kappa shape index (κ2) is 3.91. The molecule has 0 aliphatic heterocycles. The highest BCUT2D eigenvalue weighted by Crippen LogP contribution is 2.07. The van der Waals surface area contributed by atoms with Crippen LogP contribution in [-0.2, 0) is 0 Å². The van der Waals surface area contributed by atoms with Gasteiger partial charge < -0.3 is 5.32 Å². The third-order valence-electron chi connectivity index (χ3n) is 1.92. The fourth-order valence-corrected chi connectivity index (χ4v) is 1.17. The molecule has 1 amide bonds. The zero-order valence-electron chi connectivity index (χ0n) is 8.19. The van der Waals surface area contributed by atoms with Crippen molar-refractivity contribution in [3.8, 4) is 0 Å². The Labute approximate surface area is 86.5 Å². The van der Waals surface area contributed by atoms with Gasteiger partial charge in [0.25, 0.3) is 5.91 Å². The quantitative estimate of drug-likeness (QED) is 0.772. The van der Waals surface area contributed by atoms with Crippen molar-refractivity contribution >= 4 is 11.7 Å². The number of carbonyl (C=O) groups is 1. The molecule has 0 unspecified atom stereocenters. The van der Waals surface area contributed by atoms with Crippen LogP contribution in [0.15, 0.2) is 30.7 Å². The Balaban J connectivity index is 2.13. The molecular weight excluding hydrogens is 192 g/mol. The second-order valence-corrected chi connectivity index (χ2v) is 3.16. The Morgan fingerprint density at radius 3 is 3.07 bits per heavy atom. The first kappa shape index (κ1) is 9.39. The van der Waals surface area contributed by atoms with Crippen molar-refractivity contribution < 1.29 is 4.79 Å². The average molecular weight is 202 g/mol. The number of nitrogens with one attached hydrogen (secondary N) is 2. The molecule has 5 nitrogen and oxygen atoms in total. The van der Waals surface area contributed by atoms with Gasteiger partial charge in [-0.2, -0.15) is 5.10 Å². The van der Waals surface area contributed by atoms with Crippen LogP contribution in [-0.4, -0.2) is 21.1 Å². The second-order valence-electron chi connectivity index (χ2n) is 3.16. The van der Waals surface area contributed by atoms with Gasteiger partial charge in [0.05, 0.1) is 11.8 Å². The van der Waals surface area contributed by atoms with E-state index < -0.39 is 0 Å².